The van der Waals surface area contributed by atoms with Gasteiger partial charge in [0.05, 0.1) is 17.9 Å². The van der Waals surface area contributed by atoms with Crippen LogP contribution in [0.5, 0.6) is 0 Å². The van der Waals surface area contributed by atoms with E-state index in [0.717, 1.165) is 32.3 Å². The third-order valence-electron chi connectivity index (χ3n) is 3.95. The summed E-state index contributed by atoms with van der Waals surface area (Å²) in [4.78, 5) is 2.41. The monoisotopic (exact) mass is 338 g/mol. The van der Waals surface area contributed by atoms with Crippen molar-refractivity contribution in [2.24, 2.45) is 0 Å². The Hall–Kier alpha value is -0.580. The van der Waals surface area contributed by atoms with Crippen LogP contribution in [0.1, 0.15) is 32.3 Å². The molecule has 1 saturated heterocycles. The van der Waals surface area contributed by atoms with E-state index >= 15 is 0 Å². The van der Waals surface area contributed by atoms with Gasteiger partial charge < -0.3 is 15.0 Å². The summed E-state index contributed by atoms with van der Waals surface area (Å²) >= 11 is 3.73. The quantitative estimate of drug-likeness (QED) is 0.911. The average Bonchev–Trinajstić information content (AvgIpc) is 3.19. The highest BCUT2D eigenvalue weighted by molar-refractivity contribution is 9.10. The fourth-order valence-corrected chi connectivity index (χ4v) is 3.37. The summed E-state index contributed by atoms with van der Waals surface area (Å²) in [5.74, 6) is 0. The van der Waals surface area contributed by atoms with E-state index < -0.39 is 0 Å². The number of ether oxygens (including phenoxy) is 1. The zero-order valence-corrected chi connectivity index (χ0v) is 13.9. The van der Waals surface area contributed by atoms with Crippen LogP contribution in [0.3, 0.4) is 0 Å². The van der Waals surface area contributed by atoms with Crippen LogP contribution < -0.4 is 10.2 Å². The Bertz CT molecular complexity index is 485. The van der Waals surface area contributed by atoms with E-state index in [1.165, 1.54) is 28.6 Å². The lowest BCUT2D eigenvalue weighted by Crippen LogP contribution is -2.48. The number of halogens is 1. The third kappa shape index (κ3) is 3.54. The SMILES string of the molecule is CC1(C)CN(c2ccc(CNC3CC3)cc2Br)CCO1. The number of nitrogens with one attached hydrogen (secondary N) is 1. The van der Waals surface area contributed by atoms with Crippen molar-refractivity contribution in [1.82, 2.24) is 5.32 Å². The molecule has 3 nitrogen and oxygen atoms in total. The molecular weight excluding hydrogens is 316 g/mol. The van der Waals surface area contributed by atoms with Crippen LogP contribution in [-0.2, 0) is 11.3 Å². The van der Waals surface area contributed by atoms with Crippen molar-refractivity contribution in [3.63, 3.8) is 0 Å². The number of hydrogen-bond acceptors (Lipinski definition) is 3. The molecule has 1 aliphatic heterocycles. The molecule has 0 amide bonds. The summed E-state index contributed by atoms with van der Waals surface area (Å²) in [7, 11) is 0. The minimum absolute atomic E-state index is 0.0656. The van der Waals surface area contributed by atoms with E-state index in [1.54, 1.807) is 0 Å². The maximum atomic E-state index is 5.79. The van der Waals surface area contributed by atoms with Gasteiger partial charge in [-0.1, -0.05) is 6.07 Å². The molecule has 1 N–H and O–H groups in total. The van der Waals surface area contributed by atoms with E-state index in [1.807, 2.05) is 0 Å². The molecule has 2 aliphatic rings. The van der Waals surface area contributed by atoms with Crippen molar-refractivity contribution in [2.45, 2.75) is 44.9 Å². The second-order valence-corrected chi connectivity index (χ2v) is 7.32. The second-order valence-electron chi connectivity index (χ2n) is 6.47. The number of nitrogens with zero attached hydrogens (tertiary/aromatic N) is 1. The summed E-state index contributed by atoms with van der Waals surface area (Å²) in [6.07, 6.45) is 2.67. The fourth-order valence-electron chi connectivity index (χ4n) is 2.69. The molecule has 1 aromatic carbocycles. The lowest BCUT2D eigenvalue weighted by molar-refractivity contribution is -0.0277. The predicted octanol–water partition coefficient (Wildman–Crippen LogP) is 3.32. The zero-order chi connectivity index (χ0) is 14.2. The maximum absolute atomic E-state index is 5.79. The van der Waals surface area contributed by atoms with Crippen molar-refractivity contribution >= 4 is 21.6 Å². The molecule has 3 rings (SSSR count). The Labute approximate surface area is 129 Å². The van der Waals surface area contributed by atoms with Crippen molar-refractivity contribution in [3.8, 4) is 0 Å². The Kier molecular flexibility index (Phi) is 4.07. The van der Waals surface area contributed by atoms with Crippen molar-refractivity contribution in [3.05, 3.63) is 28.2 Å². The van der Waals surface area contributed by atoms with Crippen LogP contribution in [0.15, 0.2) is 22.7 Å². The van der Waals surface area contributed by atoms with E-state index in [2.05, 4.69) is 58.2 Å². The summed E-state index contributed by atoms with van der Waals surface area (Å²) in [6.45, 7) is 7.97. The summed E-state index contributed by atoms with van der Waals surface area (Å²) in [5, 5.41) is 3.56. The van der Waals surface area contributed by atoms with Crippen LogP contribution in [0.25, 0.3) is 0 Å². The number of hydrogen-bond donors (Lipinski definition) is 1. The maximum Gasteiger partial charge on any atom is 0.0801 e. The summed E-state index contributed by atoms with van der Waals surface area (Å²) in [6, 6.07) is 7.47. The molecule has 1 aromatic rings. The number of benzene rings is 1. The number of morpholine rings is 1. The molecule has 20 heavy (non-hydrogen) atoms. The first kappa shape index (κ1) is 14.4. The van der Waals surface area contributed by atoms with Gasteiger partial charge in [-0.3, -0.25) is 0 Å². The topological polar surface area (TPSA) is 24.5 Å². The van der Waals surface area contributed by atoms with Crippen LogP contribution in [0, 0.1) is 0 Å². The predicted molar refractivity (Wildman–Crippen MR) is 86.2 cm³/mol. The van der Waals surface area contributed by atoms with Crippen molar-refractivity contribution in [2.75, 3.05) is 24.6 Å². The van der Waals surface area contributed by atoms with Crippen LogP contribution in [0.4, 0.5) is 5.69 Å². The molecule has 0 aromatic heterocycles. The smallest absolute Gasteiger partial charge is 0.0801 e. The van der Waals surface area contributed by atoms with Gasteiger partial charge in [0.2, 0.25) is 0 Å². The second kappa shape index (κ2) is 5.66. The molecule has 0 radical (unpaired) electrons. The molecule has 0 unspecified atom stereocenters. The standard InChI is InChI=1S/C16H23BrN2O/c1-16(2)11-19(7-8-20-16)15-6-3-12(9-14(15)17)10-18-13-4-5-13/h3,6,9,13,18H,4-5,7-8,10-11H2,1-2H3. The number of anilines is 1. The molecule has 1 aliphatic carbocycles. The molecule has 4 heteroatoms. The molecule has 2 fully saturated rings. The highest BCUT2D eigenvalue weighted by atomic mass is 79.9. The Morgan fingerprint density at radius 1 is 1.40 bits per heavy atom. The third-order valence-corrected chi connectivity index (χ3v) is 4.59. The Morgan fingerprint density at radius 2 is 2.20 bits per heavy atom. The van der Waals surface area contributed by atoms with E-state index in [-0.39, 0.29) is 5.60 Å². The Balaban J connectivity index is 1.69. The largest absolute Gasteiger partial charge is 0.372 e. The molecule has 1 heterocycles. The molecular formula is C16H23BrN2O. The summed E-state index contributed by atoms with van der Waals surface area (Å²) in [5.41, 5.74) is 2.56. The van der Waals surface area contributed by atoms with Gasteiger partial charge in [-0.15, -0.1) is 0 Å². The van der Waals surface area contributed by atoms with E-state index in [9.17, 15) is 0 Å². The van der Waals surface area contributed by atoms with Crippen molar-refractivity contribution < 1.29 is 4.74 Å². The van der Waals surface area contributed by atoms with Gasteiger partial charge in [0.1, 0.15) is 0 Å². The highest BCUT2D eigenvalue weighted by Gasteiger charge is 2.28. The van der Waals surface area contributed by atoms with E-state index in [0.29, 0.717) is 0 Å². The molecule has 0 bridgehead atoms. The fraction of sp³-hybridized carbons (Fsp3) is 0.625. The first-order valence-electron chi connectivity index (χ1n) is 7.44. The minimum atomic E-state index is -0.0656. The van der Waals surface area contributed by atoms with Gasteiger partial charge in [0.15, 0.2) is 0 Å². The minimum Gasteiger partial charge on any atom is -0.372 e. The lowest BCUT2D eigenvalue weighted by Gasteiger charge is -2.39. The van der Waals surface area contributed by atoms with Gasteiger partial charge in [-0.2, -0.15) is 0 Å². The highest BCUT2D eigenvalue weighted by Crippen LogP contribution is 2.31. The number of rotatable bonds is 4. The van der Waals surface area contributed by atoms with Crippen LogP contribution in [-0.4, -0.2) is 31.3 Å². The summed E-state index contributed by atoms with van der Waals surface area (Å²) < 4.78 is 6.97. The molecule has 1 saturated carbocycles. The Morgan fingerprint density at radius 3 is 2.85 bits per heavy atom. The molecule has 0 spiro atoms. The van der Waals surface area contributed by atoms with Gasteiger partial charge in [0.25, 0.3) is 0 Å². The lowest BCUT2D eigenvalue weighted by atomic mass is 10.1. The van der Waals surface area contributed by atoms with Gasteiger partial charge >= 0.3 is 0 Å². The first-order valence-corrected chi connectivity index (χ1v) is 8.23. The normalized spacial score (nSPS) is 22.1. The first-order chi connectivity index (χ1) is 9.53. The molecule has 0 atom stereocenters. The van der Waals surface area contributed by atoms with Crippen LogP contribution >= 0.6 is 15.9 Å². The average molecular weight is 339 g/mol. The molecule has 110 valence electrons. The van der Waals surface area contributed by atoms with Gasteiger partial charge in [0, 0.05) is 30.1 Å². The van der Waals surface area contributed by atoms with Crippen LogP contribution in [0.2, 0.25) is 0 Å². The van der Waals surface area contributed by atoms with E-state index in [4.69, 9.17) is 4.74 Å². The van der Waals surface area contributed by atoms with Gasteiger partial charge in [-0.25, -0.2) is 0 Å². The zero-order valence-electron chi connectivity index (χ0n) is 12.3. The van der Waals surface area contributed by atoms with Crippen molar-refractivity contribution in [1.29, 1.82) is 0 Å². The van der Waals surface area contributed by atoms with Gasteiger partial charge in [-0.05, 0) is 60.3 Å².